The molecule has 1 fully saturated rings. The summed E-state index contributed by atoms with van der Waals surface area (Å²) in [5.41, 5.74) is 2.24. The number of nitrogens with zero attached hydrogens (tertiary/aromatic N) is 1. The fourth-order valence-corrected chi connectivity index (χ4v) is 3.31. The molecule has 2 nitrogen and oxygen atoms in total. The molecule has 2 aromatic rings. The molecule has 1 heterocycles. The molecule has 1 saturated carbocycles. The third-order valence-corrected chi connectivity index (χ3v) is 4.91. The van der Waals surface area contributed by atoms with Crippen LogP contribution < -0.4 is 5.32 Å². The zero-order valence-electron chi connectivity index (χ0n) is 12.5. The Bertz CT molecular complexity index is 578. The van der Waals surface area contributed by atoms with Gasteiger partial charge in [0.1, 0.15) is 0 Å². The van der Waals surface area contributed by atoms with E-state index >= 15 is 0 Å². The van der Waals surface area contributed by atoms with Crippen LogP contribution in [0.1, 0.15) is 38.8 Å². The zero-order valence-corrected chi connectivity index (χ0v) is 12.5. The molecule has 3 unspecified atom stereocenters. The summed E-state index contributed by atoms with van der Waals surface area (Å²) >= 11 is 0. The lowest BCUT2D eigenvalue weighted by atomic mass is 9.78. The molecule has 3 atom stereocenters. The van der Waals surface area contributed by atoms with Crippen molar-refractivity contribution in [1.82, 2.24) is 10.3 Å². The highest BCUT2D eigenvalue weighted by Gasteiger charge is 2.26. The SMILES string of the molecule is CC1CCCC(NCc2ccc3ccccc3n2)C1C. The van der Waals surface area contributed by atoms with Crippen molar-refractivity contribution in [2.75, 3.05) is 0 Å². The van der Waals surface area contributed by atoms with Crippen molar-refractivity contribution in [3.05, 3.63) is 42.1 Å². The summed E-state index contributed by atoms with van der Waals surface area (Å²) in [6.45, 7) is 5.65. The standard InChI is InChI=1S/C18H24N2/c1-13-6-5-9-17(14(13)2)19-12-16-11-10-15-7-3-4-8-18(15)20-16/h3-4,7-8,10-11,13-14,17,19H,5-6,9,12H2,1-2H3. The fourth-order valence-electron chi connectivity index (χ4n) is 3.31. The Kier molecular flexibility index (Phi) is 4.02. The fraction of sp³-hybridized carbons (Fsp3) is 0.500. The number of rotatable bonds is 3. The van der Waals surface area contributed by atoms with Gasteiger partial charge in [-0.2, -0.15) is 0 Å². The van der Waals surface area contributed by atoms with Gasteiger partial charge in [0.2, 0.25) is 0 Å². The first kappa shape index (κ1) is 13.6. The lowest BCUT2D eigenvalue weighted by Gasteiger charge is -2.34. The van der Waals surface area contributed by atoms with E-state index in [0.29, 0.717) is 6.04 Å². The zero-order chi connectivity index (χ0) is 13.9. The van der Waals surface area contributed by atoms with Crippen LogP contribution in [-0.4, -0.2) is 11.0 Å². The van der Waals surface area contributed by atoms with Crippen molar-refractivity contribution in [3.63, 3.8) is 0 Å². The molecule has 1 aromatic heterocycles. The molecule has 0 amide bonds. The molecule has 2 heteroatoms. The predicted octanol–water partition coefficient (Wildman–Crippen LogP) is 4.15. The van der Waals surface area contributed by atoms with Gasteiger partial charge in [0.15, 0.2) is 0 Å². The van der Waals surface area contributed by atoms with Crippen LogP contribution in [0.25, 0.3) is 10.9 Å². The van der Waals surface area contributed by atoms with E-state index in [4.69, 9.17) is 4.98 Å². The minimum absolute atomic E-state index is 0.645. The Morgan fingerprint density at radius 3 is 2.85 bits per heavy atom. The molecule has 0 spiro atoms. The third-order valence-electron chi connectivity index (χ3n) is 4.91. The molecule has 3 rings (SSSR count). The van der Waals surface area contributed by atoms with Gasteiger partial charge in [-0.25, -0.2) is 0 Å². The van der Waals surface area contributed by atoms with Gasteiger partial charge in [-0.15, -0.1) is 0 Å². The van der Waals surface area contributed by atoms with E-state index in [-0.39, 0.29) is 0 Å². The van der Waals surface area contributed by atoms with E-state index in [2.05, 4.69) is 55.6 Å². The highest BCUT2D eigenvalue weighted by molar-refractivity contribution is 5.78. The van der Waals surface area contributed by atoms with Crippen molar-refractivity contribution in [2.45, 2.75) is 45.7 Å². The highest BCUT2D eigenvalue weighted by atomic mass is 14.9. The largest absolute Gasteiger partial charge is 0.308 e. The number of hydrogen-bond donors (Lipinski definition) is 1. The van der Waals surface area contributed by atoms with Crippen molar-refractivity contribution in [3.8, 4) is 0 Å². The van der Waals surface area contributed by atoms with Gasteiger partial charge in [0.05, 0.1) is 11.2 Å². The summed E-state index contributed by atoms with van der Waals surface area (Å²) in [6, 6.07) is 13.3. The van der Waals surface area contributed by atoms with Gasteiger partial charge in [-0.1, -0.05) is 51.0 Å². The van der Waals surface area contributed by atoms with E-state index in [0.717, 1.165) is 29.6 Å². The molecule has 0 bridgehead atoms. The van der Waals surface area contributed by atoms with E-state index in [1.165, 1.54) is 24.6 Å². The van der Waals surface area contributed by atoms with Crippen LogP contribution in [-0.2, 0) is 6.54 Å². The summed E-state index contributed by atoms with van der Waals surface area (Å²) in [4.78, 5) is 4.74. The van der Waals surface area contributed by atoms with Gasteiger partial charge in [0, 0.05) is 18.0 Å². The quantitative estimate of drug-likeness (QED) is 0.904. The van der Waals surface area contributed by atoms with Crippen LogP contribution in [0.3, 0.4) is 0 Å². The van der Waals surface area contributed by atoms with Gasteiger partial charge < -0.3 is 5.32 Å². The monoisotopic (exact) mass is 268 g/mol. The summed E-state index contributed by atoms with van der Waals surface area (Å²) < 4.78 is 0. The Morgan fingerprint density at radius 1 is 1.10 bits per heavy atom. The summed E-state index contributed by atoms with van der Waals surface area (Å²) in [6.07, 6.45) is 4.04. The first-order valence-electron chi connectivity index (χ1n) is 7.82. The molecule has 1 aliphatic carbocycles. The molecule has 0 saturated heterocycles. The first-order chi connectivity index (χ1) is 9.74. The summed E-state index contributed by atoms with van der Waals surface area (Å²) in [5, 5.41) is 4.94. The lowest BCUT2D eigenvalue weighted by Crippen LogP contribution is -2.40. The van der Waals surface area contributed by atoms with E-state index in [9.17, 15) is 0 Å². The first-order valence-corrected chi connectivity index (χ1v) is 7.82. The van der Waals surface area contributed by atoms with Crippen LogP contribution in [0.4, 0.5) is 0 Å². The highest BCUT2D eigenvalue weighted by Crippen LogP contribution is 2.29. The van der Waals surface area contributed by atoms with Crippen LogP contribution in [0.2, 0.25) is 0 Å². The number of nitrogens with one attached hydrogen (secondary N) is 1. The Balaban J connectivity index is 1.67. The van der Waals surface area contributed by atoms with E-state index in [1.807, 2.05) is 0 Å². The van der Waals surface area contributed by atoms with Gasteiger partial charge in [-0.3, -0.25) is 4.98 Å². The molecule has 0 radical (unpaired) electrons. The number of para-hydroxylation sites is 1. The maximum atomic E-state index is 4.74. The van der Waals surface area contributed by atoms with Crippen molar-refractivity contribution >= 4 is 10.9 Å². The van der Waals surface area contributed by atoms with Gasteiger partial charge in [-0.05, 0) is 30.4 Å². The minimum atomic E-state index is 0.645. The maximum absolute atomic E-state index is 4.74. The Hall–Kier alpha value is -1.41. The van der Waals surface area contributed by atoms with Crippen molar-refractivity contribution < 1.29 is 0 Å². The molecule has 1 N–H and O–H groups in total. The second-order valence-corrected chi connectivity index (χ2v) is 6.25. The molecule has 1 aromatic carbocycles. The van der Waals surface area contributed by atoms with Gasteiger partial charge in [0.25, 0.3) is 0 Å². The number of pyridine rings is 1. The molecule has 0 aliphatic heterocycles. The molecular weight excluding hydrogens is 244 g/mol. The summed E-state index contributed by atoms with van der Waals surface area (Å²) in [7, 11) is 0. The van der Waals surface area contributed by atoms with Crippen LogP contribution in [0, 0.1) is 11.8 Å². The summed E-state index contributed by atoms with van der Waals surface area (Å²) in [5.74, 6) is 1.61. The van der Waals surface area contributed by atoms with Crippen molar-refractivity contribution in [1.29, 1.82) is 0 Å². The average molecular weight is 268 g/mol. The minimum Gasteiger partial charge on any atom is -0.308 e. The van der Waals surface area contributed by atoms with Gasteiger partial charge >= 0.3 is 0 Å². The molecule has 1 aliphatic rings. The average Bonchev–Trinajstić information content (AvgIpc) is 2.48. The lowest BCUT2D eigenvalue weighted by molar-refractivity contribution is 0.205. The van der Waals surface area contributed by atoms with Crippen LogP contribution in [0.15, 0.2) is 36.4 Å². The topological polar surface area (TPSA) is 24.9 Å². The number of aromatic nitrogens is 1. The molecule has 106 valence electrons. The Morgan fingerprint density at radius 2 is 1.95 bits per heavy atom. The number of hydrogen-bond acceptors (Lipinski definition) is 2. The second-order valence-electron chi connectivity index (χ2n) is 6.25. The maximum Gasteiger partial charge on any atom is 0.0705 e. The molecular formula is C18H24N2. The predicted molar refractivity (Wildman–Crippen MR) is 84.5 cm³/mol. The molecule has 20 heavy (non-hydrogen) atoms. The number of benzene rings is 1. The third kappa shape index (κ3) is 2.85. The smallest absolute Gasteiger partial charge is 0.0705 e. The van der Waals surface area contributed by atoms with E-state index in [1.54, 1.807) is 0 Å². The van der Waals surface area contributed by atoms with Crippen molar-refractivity contribution in [2.24, 2.45) is 11.8 Å². The normalized spacial score (nSPS) is 26.8. The van der Waals surface area contributed by atoms with Crippen LogP contribution >= 0.6 is 0 Å². The Labute approximate surface area is 121 Å². The number of fused-ring (bicyclic) bond motifs is 1. The van der Waals surface area contributed by atoms with Crippen LogP contribution in [0.5, 0.6) is 0 Å². The van der Waals surface area contributed by atoms with E-state index < -0.39 is 0 Å². The second kappa shape index (κ2) is 5.92.